The molecule has 0 saturated carbocycles. The number of rotatable bonds is 42. The molecule has 67 heavy (non-hydrogen) atoms. The molecule has 2 aromatic rings. The van der Waals surface area contributed by atoms with Crippen molar-refractivity contribution in [2.24, 2.45) is 0 Å². The van der Waals surface area contributed by atoms with Crippen LogP contribution in [0.4, 0.5) is 5.82 Å². The van der Waals surface area contributed by atoms with Crippen LogP contribution in [-0.2, 0) is 34.7 Å². The standard InChI is InChI=1S/C50H92N7O9P/c1-4-7-10-12-14-16-18-20-22-24-26-28-30-32-44(58)64-41-43(66-45(59)33-31-29-27-25-23-21-19-17-15-13-11-8-5-2)42-65-67(61,62)56-37-34-55(35-38-56)36-39-57-48-46(52-50(57)60)47(51)53-49(54-48)63-40-9-6-3/h43H,4-42H2,1-3H3,(H,52,60)(H,61,62)(H2,51,53,54). The summed E-state index contributed by atoms with van der Waals surface area (Å²) < 4.78 is 39.0. The topological polar surface area (TPSA) is 204 Å². The number of hydrogen-bond acceptors (Lipinski definition) is 12. The molecule has 0 aliphatic carbocycles. The van der Waals surface area contributed by atoms with Gasteiger partial charge in [0.25, 0.3) is 0 Å². The van der Waals surface area contributed by atoms with E-state index in [1.807, 2.05) is 0 Å². The Balaban J connectivity index is 1.42. The predicted octanol–water partition coefficient (Wildman–Crippen LogP) is 11.0. The number of nitrogens with one attached hydrogen (secondary N) is 1. The lowest BCUT2D eigenvalue weighted by atomic mass is 10.0. The van der Waals surface area contributed by atoms with Crippen LogP contribution in [0.1, 0.15) is 213 Å². The minimum Gasteiger partial charge on any atom is -0.463 e. The average Bonchev–Trinajstić information content (AvgIpc) is 3.64. The highest BCUT2D eigenvalue weighted by Gasteiger charge is 2.34. The van der Waals surface area contributed by atoms with E-state index in [2.05, 4.69) is 40.6 Å². The normalized spacial score (nSPS) is 14.9. The van der Waals surface area contributed by atoms with E-state index in [0.717, 1.165) is 51.4 Å². The zero-order valence-electron chi connectivity index (χ0n) is 42.1. The molecule has 2 unspecified atom stereocenters. The first-order valence-corrected chi connectivity index (χ1v) is 28.3. The number of H-pyrrole nitrogens is 1. The van der Waals surface area contributed by atoms with E-state index in [-0.39, 0.29) is 62.6 Å². The first-order chi connectivity index (χ1) is 32.6. The van der Waals surface area contributed by atoms with Gasteiger partial charge in [0, 0.05) is 52.1 Å². The van der Waals surface area contributed by atoms with E-state index >= 15 is 0 Å². The molecule has 386 valence electrons. The number of unbranched alkanes of at least 4 members (excludes halogenated alkanes) is 25. The number of aromatic amines is 1. The number of esters is 2. The Labute approximate surface area is 403 Å². The number of nitrogen functional groups attached to an aromatic ring is 1. The van der Waals surface area contributed by atoms with E-state index in [1.165, 1.54) is 131 Å². The SMILES string of the molecule is CCCCCCCCCCCCCCCC(=O)OCC(COP(=O)(O)N1CCN(CCn2c(=O)[nH]c3c(N)nc(OCCCC)nc32)CC1)OC(=O)CCCCCCCCCCCCCCC. The summed E-state index contributed by atoms with van der Waals surface area (Å²) in [6.07, 6.45) is 32.6. The molecule has 1 saturated heterocycles. The highest BCUT2D eigenvalue weighted by Crippen LogP contribution is 2.46. The Morgan fingerprint density at radius 1 is 0.657 bits per heavy atom. The smallest absolute Gasteiger partial charge is 0.405 e. The Hall–Kier alpha value is -3.04. The molecule has 1 aliphatic heterocycles. The Kier molecular flexibility index (Phi) is 31.3. The zero-order valence-corrected chi connectivity index (χ0v) is 43.0. The van der Waals surface area contributed by atoms with E-state index in [4.69, 9.17) is 24.5 Å². The largest absolute Gasteiger partial charge is 0.463 e. The molecular formula is C50H92N7O9P. The first kappa shape index (κ1) is 58.3. The van der Waals surface area contributed by atoms with Crippen LogP contribution in [0.15, 0.2) is 4.79 Å². The van der Waals surface area contributed by atoms with Gasteiger partial charge in [0.05, 0.1) is 13.2 Å². The lowest BCUT2D eigenvalue weighted by Gasteiger charge is -2.36. The Morgan fingerprint density at radius 2 is 1.13 bits per heavy atom. The number of carbonyl (C=O) groups excluding carboxylic acids is 2. The number of hydrogen-bond donors (Lipinski definition) is 3. The summed E-state index contributed by atoms with van der Waals surface area (Å²) in [5.41, 5.74) is 6.46. The van der Waals surface area contributed by atoms with Crippen molar-refractivity contribution in [2.75, 3.05) is 58.3 Å². The number of nitrogens with zero attached hydrogens (tertiary/aromatic N) is 5. The molecule has 16 nitrogen and oxygen atoms in total. The summed E-state index contributed by atoms with van der Waals surface area (Å²) in [4.78, 5) is 63.1. The second-order valence-electron chi connectivity index (χ2n) is 18.7. The maximum Gasteiger partial charge on any atom is 0.405 e. The second kappa shape index (κ2) is 36.0. The number of fused-ring (bicyclic) bond motifs is 1. The fraction of sp³-hybridized carbons (Fsp3) is 0.860. The summed E-state index contributed by atoms with van der Waals surface area (Å²) in [6, 6.07) is 0.119. The molecular weight excluding hydrogens is 874 g/mol. The predicted molar refractivity (Wildman–Crippen MR) is 268 cm³/mol. The zero-order chi connectivity index (χ0) is 48.4. The second-order valence-corrected chi connectivity index (χ2v) is 20.5. The van der Waals surface area contributed by atoms with E-state index < -0.39 is 19.8 Å². The molecule has 0 aromatic carbocycles. The minimum atomic E-state index is -4.29. The van der Waals surface area contributed by atoms with Crippen molar-refractivity contribution in [2.45, 2.75) is 226 Å². The lowest BCUT2D eigenvalue weighted by molar-refractivity contribution is -0.161. The van der Waals surface area contributed by atoms with Gasteiger partial charge in [-0.25, -0.2) is 14.0 Å². The molecule has 17 heteroatoms. The molecule has 3 rings (SSSR count). The summed E-state index contributed by atoms with van der Waals surface area (Å²) in [7, 11) is -4.29. The summed E-state index contributed by atoms with van der Waals surface area (Å²) in [6.45, 7) is 8.51. The number of carbonyl (C=O) groups is 2. The van der Waals surface area contributed by atoms with Crippen molar-refractivity contribution in [3.8, 4) is 6.01 Å². The molecule has 4 N–H and O–H groups in total. The van der Waals surface area contributed by atoms with Gasteiger partial charge in [-0.15, -0.1) is 0 Å². The first-order valence-electron chi connectivity index (χ1n) is 26.8. The highest BCUT2D eigenvalue weighted by molar-refractivity contribution is 7.50. The monoisotopic (exact) mass is 966 g/mol. The van der Waals surface area contributed by atoms with Crippen molar-refractivity contribution in [1.29, 1.82) is 0 Å². The number of piperazine rings is 1. The van der Waals surface area contributed by atoms with Crippen LogP contribution < -0.4 is 16.2 Å². The quantitative estimate of drug-likeness (QED) is 0.0322. The van der Waals surface area contributed by atoms with Gasteiger partial charge in [-0.1, -0.05) is 181 Å². The van der Waals surface area contributed by atoms with Crippen LogP contribution >= 0.6 is 7.75 Å². The van der Waals surface area contributed by atoms with Gasteiger partial charge in [0.1, 0.15) is 12.1 Å². The molecule has 0 bridgehead atoms. The van der Waals surface area contributed by atoms with Crippen molar-refractivity contribution in [3.63, 3.8) is 0 Å². The maximum absolute atomic E-state index is 13.6. The number of imidazole rings is 1. The third-order valence-corrected chi connectivity index (χ3v) is 14.4. The van der Waals surface area contributed by atoms with Gasteiger partial charge in [-0.05, 0) is 19.3 Å². The van der Waals surface area contributed by atoms with Crippen molar-refractivity contribution >= 4 is 36.7 Å². The molecule has 0 amide bonds. The fourth-order valence-corrected chi connectivity index (χ4v) is 9.73. The van der Waals surface area contributed by atoms with Crippen LogP contribution in [0.5, 0.6) is 6.01 Å². The lowest BCUT2D eigenvalue weighted by Crippen LogP contribution is -2.46. The molecule has 2 aromatic heterocycles. The number of anilines is 1. The molecule has 0 spiro atoms. The van der Waals surface area contributed by atoms with E-state index in [9.17, 15) is 23.8 Å². The third kappa shape index (κ3) is 25.4. The highest BCUT2D eigenvalue weighted by atomic mass is 31.2. The Bertz CT molecular complexity index is 1720. The van der Waals surface area contributed by atoms with Gasteiger partial charge in [0.15, 0.2) is 17.6 Å². The van der Waals surface area contributed by atoms with Crippen LogP contribution in [0.3, 0.4) is 0 Å². The van der Waals surface area contributed by atoms with Crippen LogP contribution in [0, 0.1) is 0 Å². The summed E-state index contributed by atoms with van der Waals surface area (Å²) in [5.74, 6) is -0.681. The molecule has 0 radical (unpaired) electrons. The van der Waals surface area contributed by atoms with Crippen molar-refractivity contribution in [1.82, 2.24) is 29.1 Å². The molecule has 1 aliphatic rings. The number of ether oxygens (including phenoxy) is 3. The van der Waals surface area contributed by atoms with Gasteiger partial charge >= 0.3 is 31.4 Å². The van der Waals surface area contributed by atoms with E-state index in [1.54, 1.807) is 0 Å². The average molecular weight is 966 g/mol. The van der Waals surface area contributed by atoms with Crippen molar-refractivity contribution in [3.05, 3.63) is 10.5 Å². The minimum absolute atomic E-state index is 0.119. The van der Waals surface area contributed by atoms with Crippen LogP contribution in [-0.4, -0.2) is 105 Å². The van der Waals surface area contributed by atoms with Gasteiger partial charge in [0.2, 0.25) is 0 Å². The van der Waals surface area contributed by atoms with Gasteiger partial charge in [-0.2, -0.15) is 9.97 Å². The number of nitrogens with two attached hydrogens (primary N) is 1. The van der Waals surface area contributed by atoms with Crippen LogP contribution in [0.25, 0.3) is 11.2 Å². The van der Waals surface area contributed by atoms with E-state index in [0.29, 0.717) is 50.4 Å². The maximum atomic E-state index is 13.6. The third-order valence-electron chi connectivity index (χ3n) is 12.8. The van der Waals surface area contributed by atoms with Crippen molar-refractivity contribution < 1.29 is 37.8 Å². The number of aromatic nitrogens is 4. The van der Waals surface area contributed by atoms with Gasteiger partial charge in [-0.3, -0.25) is 23.6 Å². The molecule has 3 heterocycles. The summed E-state index contributed by atoms with van der Waals surface area (Å²) >= 11 is 0. The summed E-state index contributed by atoms with van der Waals surface area (Å²) in [5, 5.41) is 0. The van der Waals surface area contributed by atoms with Crippen LogP contribution in [0.2, 0.25) is 0 Å². The van der Waals surface area contributed by atoms with Gasteiger partial charge < -0.3 is 29.8 Å². The fourth-order valence-electron chi connectivity index (χ4n) is 8.52. The molecule has 2 atom stereocenters. The molecule has 1 fully saturated rings. The Morgan fingerprint density at radius 3 is 1.64 bits per heavy atom.